The number of halogens is 1. The number of hydrogen-bond donors (Lipinski definition) is 2. The maximum Gasteiger partial charge on any atom is 0.115 e. The first-order valence-corrected chi connectivity index (χ1v) is 4.93. The molecule has 0 radical (unpaired) electrons. The van der Waals surface area contributed by atoms with Gasteiger partial charge in [-0.25, -0.2) is 4.39 Å². The lowest BCUT2D eigenvalue weighted by molar-refractivity contribution is 0.119. The Bertz CT molecular complexity index is 161. The second-order valence-corrected chi connectivity index (χ2v) is 3.93. The average Bonchev–Trinajstić information content (AvgIpc) is 2.65. The summed E-state index contributed by atoms with van der Waals surface area (Å²) in [5.41, 5.74) is 0. The molecule has 0 spiro atoms. The van der Waals surface area contributed by atoms with Crippen molar-refractivity contribution >= 4 is 0 Å². The van der Waals surface area contributed by atoms with Crippen LogP contribution in [-0.2, 0) is 4.74 Å². The predicted octanol–water partition coefficient (Wildman–Crippen LogP) is 0.226. The summed E-state index contributed by atoms with van der Waals surface area (Å²) in [4.78, 5) is 0. The number of ether oxygens (including phenoxy) is 1. The van der Waals surface area contributed by atoms with E-state index in [1.165, 1.54) is 0 Å². The van der Waals surface area contributed by atoms with Crippen LogP contribution in [0.3, 0.4) is 0 Å². The van der Waals surface area contributed by atoms with Gasteiger partial charge in [-0.15, -0.1) is 0 Å². The molecule has 1 aliphatic carbocycles. The molecule has 13 heavy (non-hydrogen) atoms. The fraction of sp³-hybridized carbons (Fsp3) is 1.00. The van der Waals surface area contributed by atoms with Crippen molar-refractivity contribution in [2.45, 2.75) is 43.6 Å². The smallest absolute Gasteiger partial charge is 0.115 e. The summed E-state index contributed by atoms with van der Waals surface area (Å²) in [5.74, 6) is 0. The summed E-state index contributed by atoms with van der Waals surface area (Å²) in [6, 6.07) is -0.136. The molecule has 1 saturated heterocycles. The molecule has 1 unspecified atom stereocenters. The summed E-state index contributed by atoms with van der Waals surface area (Å²) < 4.78 is 18.3. The predicted molar refractivity (Wildman–Crippen MR) is 46.3 cm³/mol. The third kappa shape index (κ3) is 2.00. The van der Waals surface area contributed by atoms with Crippen LogP contribution in [0, 0.1) is 0 Å². The largest absolute Gasteiger partial charge is 0.389 e. The first kappa shape index (κ1) is 9.37. The molecule has 0 aromatic heterocycles. The molecule has 76 valence electrons. The van der Waals surface area contributed by atoms with Gasteiger partial charge in [-0.3, -0.25) is 0 Å². The van der Waals surface area contributed by atoms with Crippen molar-refractivity contribution in [3.63, 3.8) is 0 Å². The molecule has 0 aromatic rings. The molecular weight excluding hydrogens is 173 g/mol. The Kier molecular flexibility index (Phi) is 2.81. The van der Waals surface area contributed by atoms with Gasteiger partial charge in [0.05, 0.1) is 25.4 Å². The molecule has 1 saturated carbocycles. The van der Waals surface area contributed by atoms with Crippen molar-refractivity contribution in [3.8, 4) is 0 Å². The van der Waals surface area contributed by atoms with Crippen molar-refractivity contribution in [3.05, 3.63) is 0 Å². The van der Waals surface area contributed by atoms with E-state index >= 15 is 0 Å². The monoisotopic (exact) mass is 189 g/mol. The van der Waals surface area contributed by atoms with E-state index in [-0.39, 0.29) is 12.1 Å². The average molecular weight is 189 g/mol. The number of alkyl halides is 1. The topological polar surface area (TPSA) is 41.5 Å². The quantitative estimate of drug-likeness (QED) is 0.653. The Morgan fingerprint density at radius 3 is 2.62 bits per heavy atom. The molecule has 0 amide bonds. The Balaban J connectivity index is 1.82. The molecule has 2 fully saturated rings. The minimum absolute atomic E-state index is 0.0682. The number of rotatable bonds is 2. The van der Waals surface area contributed by atoms with Crippen LogP contribution in [0.15, 0.2) is 0 Å². The minimum atomic E-state index is -0.743. The highest BCUT2D eigenvalue weighted by molar-refractivity contribution is 4.90. The number of nitrogens with one attached hydrogen (secondary N) is 1. The minimum Gasteiger partial charge on any atom is -0.389 e. The Morgan fingerprint density at radius 2 is 2.08 bits per heavy atom. The molecule has 4 heteroatoms. The lowest BCUT2D eigenvalue weighted by Crippen LogP contribution is -2.46. The first-order valence-electron chi connectivity index (χ1n) is 4.93. The summed E-state index contributed by atoms with van der Waals surface area (Å²) in [5, 5.41) is 12.6. The number of hydrogen-bond acceptors (Lipinski definition) is 3. The van der Waals surface area contributed by atoms with Crippen molar-refractivity contribution in [1.82, 2.24) is 5.32 Å². The fourth-order valence-corrected chi connectivity index (χ4v) is 2.08. The standard InChI is InChI=1S/C9H16FNO2/c10-6-2-1-3-7(6)11-8-4-13-5-9(8)12/h6-9,11-12H,1-5H2/t6-,7-,8?,9-/m1/s1. The van der Waals surface area contributed by atoms with Crippen LogP contribution in [0.2, 0.25) is 0 Å². The number of aliphatic hydroxyl groups excluding tert-OH is 1. The highest BCUT2D eigenvalue weighted by Gasteiger charge is 2.33. The van der Waals surface area contributed by atoms with Gasteiger partial charge in [-0.2, -0.15) is 0 Å². The van der Waals surface area contributed by atoms with Crippen LogP contribution in [-0.4, -0.2) is 42.7 Å². The van der Waals surface area contributed by atoms with Crippen molar-refractivity contribution in [2.75, 3.05) is 13.2 Å². The molecule has 0 aromatic carbocycles. The van der Waals surface area contributed by atoms with Gasteiger partial charge in [0.25, 0.3) is 0 Å². The second kappa shape index (κ2) is 3.90. The Labute approximate surface area is 77.3 Å². The molecule has 1 aliphatic heterocycles. The van der Waals surface area contributed by atoms with Crippen LogP contribution in [0.5, 0.6) is 0 Å². The van der Waals surface area contributed by atoms with Crippen LogP contribution in [0.25, 0.3) is 0 Å². The maximum atomic E-state index is 13.2. The third-order valence-corrected chi connectivity index (χ3v) is 2.91. The van der Waals surface area contributed by atoms with E-state index in [4.69, 9.17) is 4.74 Å². The second-order valence-electron chi connectivity index (χ2n) is 3.93. The van der Waals surface area contributed by atoms with Crippen LogP contribution in [0.4, 0.5) is 4.39 Å². The molecule has 0 bridgehead atoms. The Morgan fingerprint density at radius 1 is 1.23 bits per heavy atom. The molecule has 3 nitrogen and oxygen atoms in total. The third-order valence-electron chi connectivity index (χ3n) is 2.91. The van der Waals surface area contributed by atoms with Crippen molar-refractivity contribution in [1.29, 1.82) is 0 Å². The summed E-state index contributed by atoms with van der Waals surface area (Å²) in [6.07, 6.45) is 1.27. The van der Waals surface area contributed by atoms with Gasteiger partial charge in [0.1, 0.15) is 6.17 Å². The van der Waals surface area contributed by atoms with Crippen LogP contribution >= 0.6 is 0 Å². The zero-order valence-electron chi connectivity index (χ0n) is 7.58. The molecule has 2 rings (SSSR count). The fourth-order valence-electron chi connectivity index (χ4n) is 2.08. The zero-order chi connectivity index (χ0) is 9.26. The van der Waals surface area contributed by atoms with E-state index in [9.17, 15) is 9.50 Å². The highest BCUT2D eigenvalue weighted by atomic mass is 19.1. The van der Waals surface area contributed by atoms with Crippen LogP contribution in [0.1, 0.15) is 19.3 Å². The van der Waals surface area contributed by atoms with Gasteiger partial charge >= 0.3 is 0 Å². The maximum absolute atomic E-state index is 13.2. The van der Waals surface area contributed by atoms with E-state index < -0.39 is 12.3 Å². The van der Waals surface area contributed by atoms with Gasteiger partial charge in [0.15, 0.2) is 0 Å². The van der Waals surface area contributed by atoms with Gasteiger partial charge in [-0.1, -0.05) is 0 Å². The van der Waals surface area contributed by atoms with E-state index in [1.54, 1.807) is 0 Å². The summed E-state index contributed by atoms with van der Waals surface area (Å²) in [7, 11) is 0. The van der Waals surface area contributed by atoms with Crippen molar-refractivity contribution in [2.24, 2.45) is 0 Å². The van der Waals surface area contributed by atoms with Gasteiger partial charge in [-0.05, 0) is 19.3 Å². The Hall–Kier alpha value is -0.190. The van der Waals surface area contributed by atoms with Crippen molar-refractivity contribution < 1.29 is 14.2 Å². The van der Waals surface area contributed by atoms with E-state index in [2.05, 4.69) is 5.32 Å². The molecular formula is C9H16FNO2. The SMILES string of the molecule is O[C@@H]1COCC1N[C@@H]1CCC[C@H]1F. The lowest BCUT2D eigenvalue weighted by Gasteiger charge is -2.21. The lowest BCUT2D eigenvalue weighted by atomic mass is 10.1. The molecule has 1 heterocycles. The van der Waals surface area contributed by atoms with Gasteiger partial charge in [0.2, 0.25) is 0 Å². The van der Waals surface area contributed by atoms with E-state index in [1.807, 2.05) is 0 Å². The molecule has 2 N–H and O–H groups in total. The summed E-state index contributed by atoms with van der Waals surface area (Å²) >= 11 is 0. The van der Waals surface area contributed by atoms with E-state index in [0.29, 0.717) is 19.6 Å². The van der Waals surface area contributed by atoms with Gasteiger partial charge < -0.3 is 15.2 Å². The van der Waals surface area contributed by atoms with E-state index in [0.717, 1.165) is 12.8 Å². The van der Waals surface area contributed by atoms with Crippen LogP contribution < -0.4 is 5.32 Å². The molecule has 2 aliphatic rings. The normalized spacial score (nSPS) is 45.7. The number of aliphatic hydroxyl groups is 1. The zero-order valence-corrected chi connectivity index (χ0v) is 7.58. The van der Waals surface area contributed by atoms with Gasteiger partial charge in [0, 0.05) is 6.04 Å². The molecule has 4 atom stereocenters. The first-order chi connectivity index (χ1) is 6.27. The summed E-state index contributed by atoms with van der Waals surface area (Å²) in [6.45, 7) is 0.881. The highest BCUT2D eigenvalue weighted by Crippen LogP contribution is 2.23.